The SMILES string of the molecule is Cc1cc(NC(=O)COc2cccc(Cl)c2)n(C)n1. The van der Waals surface area contributed by atoms with E-state index in [4.69, 9.17) is 16.3 Å². The second kappa shape index (κ2) is 5.75. The Hall–Kier alpha value is -2.01. The van der Waals surface area contributed by atoms with E-state index < -0.39 is 0 Å². The number of ether oxygens (including phenoxy) is 1. The van der Waals surface area contributed by atoms with Crippen molar-refractivity contribution in [2.24, 2.45) is 7.05 Å². The Kier molecular flexibility index (Phi) is 4.06. The molecule has 0 unspecified atom stereocenters. The minimum atomic E-state index is -0.247. The van der Waals surface area contributed by atoms with Crippen LogP contribution in [0.3, 0.4) is 0 Å². The first-order chi connectivity index (χ1) is 9.04. The van der Waals surface area contributed by atoms with Crippen LogP contribution in [0.15, 0.2) is 30.3 Å². The van der Waals surface area contributed by atoms with Crippen LogP contribution in [0.5, 0.6) is 5.75 Å². The molecule has 1 N–H and O–H groups in total. The van der Waals surface area contributed by atoms with Gasteiger partial charge in [0.15, 0.2) is 6.61 Å². The van der Waals surface area contributed by atoms with Gasteiger partial charge in [-0.2, -0.15) is 5.10 Å². The fourth-order valence-electron chi connectivity index (χ4n) is 1.61. The van der Waals surface area contributed by atoms with Gasteiger partial charge in [-0.05, 0) is 25.1 Å². The van der Waals surface area contributed by atoms with Gasteiger partial charge in [0, 0.05) is 18.1 Å². The van der Waals surface area contributed by atoms with Crippen LogP contribution in [0.4, 0.5) is 5.82 Å². The monoisotopic (exact) mass is 279 g/mol. The number of halogens is 1. The molecule has 6 heteroatoms. The summed E-state index contributed by atoms with van der Waals surface area (Å²) in [6, 6.07) is 8.70. The molecule has 0 spiro atoms. The first-order valence-electron chi connectivity index (χ1n) is 5.73. The van der Waals surface area contributed by atoms with Gasteiger partial charge in [-0.1, -0.05) is 17.7 Å². The van der Waals surface area contributed by atoms with Crippen molar-refractivity contribution >= 4 is 23.3 Å². The molecule has 2 aromatic rings. The molecule has 5 nitrogen and oxygen atoms in total. The van der Waals surface area contributed by atoms with E-state index in [1.165, 1.54) is 0 Å². The number of nitrogens with one attached hydrogen (secondary N) is 1. The number of nitrogens with zero attached hydrogens (tertiary/aromatic N) is 2. The third-order valence-corrected chi connectivity index (χ3v) is 2.67. The lowest BCUT2D eigenvalue weighted by molar-refractivity contribution is -0.118. The van der Waals surface area contributed by atoms with Gasteiger partial charge in [0.25, 0.3) is 5.91 Å². The van der Waals surface area contributed by atoms with Gasteiger partial charge < -0.3 is 10.1 Å². The molecule has 100 valence electrons. The zero-order valence-corrected chi connectivity index (χ0v) is 11.4. The predicted octanol–water partition coefficient (Wildman–Crippen LogP) is 2.40. The normalized spacial score (nSPS) is 10.3. The molecule has 0 aliphatic heterocycles. The van der Waals surface area contributed by atoms with Crippen molar-refractivity contribution in [2.45, 2.75) is 6.92 Å². The molecular formula is C13H14ClN3O2. The van der Waals surface area contributed by atoms with Gasteiger partial charge in [0.2, 0.25) is 0 Å². The summed E-state index contributed by atoms with van der Waals surface area (Å²) in [4.78, 5) is 11.7. The van der Waals surface area contributed by atoms with Crippen LogP contribution in [-0.4, -0.2) is 22.3 Å². The first-order valence-corrected chi connectivity index (χ1v) is 6.11. The first kappa shape index (κ1) is 13.4. The molecule has 0 atom stereocenters. The Balaban J connectivity index is 1.90. The third kappa shape index (κ3) is 3.72. The summed E-state index contributed by atoms with van der Waals surface area (Å²) in [6.45, 7) is 1.78. The molecule has 0 aliphatic carbocycles. The van der Waals surface area contributed by atoms with E-state index >= 15 is 0 Å². The lowest BCUT2D eigenvalue weighted by Gasteiger charge is -2.07. The molecule has 2 rings (SSSR count). The maximum absolute atomic E-state index is 11.7. The molecule has 0 saturated heterocycles. The standard InChI is InChI=1S/C13H14ClN3O2/c1-9-6-12(17(2)16-9)15-13(18)8-19-11-5-3-4-10(14)7-11/h3-7H,8H2,1-2H3,(H,15,18). The van der Waals surface area contributed by atoms with Gasteiger partial charge in [-0.25, -0.2) is 0 Å². The van der Waals surface area contributed by atoms with Crippen molar-refractivity contribution < 1.29 is 9.53 Å². The third-order valence-electron chi connectivity index (χ3n) is 2.44. The smallest absolute Gasteiger partial charge is 0.263 e. The molecule has 0 aliphatic rings. The second-order valence-electron chi connectivity index (χ2n) is 4.09. The number of anilines is 1. The van der Waals surface area contributed by atoms with Gasteiger partial charge in [-0.15, -0.1) is 0 Å². The topological polar surface area (TPSA) is 56.1 Å². The average Bonchev–Trinajstić information content (AvgIpc) is 2.65. The lowest BCUT2D eigenvalue weighted by atomic mass is 10.3. The van der Waals surface area contributed by atoms with Crippen LogP contribution >= 0.6 is 11.6 Å². The number of carbonyl (C=O) groups is 1. The van der Waals surface area contributed by atoms with E-state index in [1.54, 1.807) is 42.1 Å². The van der Waals surface area contributed by atoms with Crippen molar-refractivity contribution in [3.8, 4) is 5.75 Å². The van der Waals surface area contributed by atoms with E-state index in [2.05, 4.69) is 10.4 Å². The quantitative estimate of drug-likeness (QED) is 0.935. The molecule has 0 fully saturated rings. The highest BCUT2D eigenvalue weighted by molar-refractivity contribution is 6.30. The van der Waals surface area contributed by atoms with Crippen LogP contribution in [0.25, 0.3) is 0 Å². The molecule has 19 heavy (non-hydrogen) atoms. The van der Waals surface area contributed by atoms with Crippen molar-refractivity contribution in [3.05, 3.63) is 41.0 Å². The fourth-order valence-corrected chi connectivity index (χ4v) is 1.79. The van der Waals surface area contributed by atoms with Crippen molar-refractivity contribution in [2.75, 3.05) is 11.9 Å². The van der Waals surface area contributed by atoms with Crippen LogP contribution in [-0.2, 0) is 11.8 Å². The van der Waals surface area contributed by atoms with Gasteiger partial charge in [0.1, 0.15) is 11.6 Å². The number of hydrogen-bond acceptors (Lipinski definition) is 3. The summed E-state index contributed by atoms with van der Waals surface area (Å²) >= 11 is 5.82. The van der Waals surface area contributed by atoms with Gasteiger partial charge in [0.05, 0.1) is 5.69 Å². The van der Waals surface area contributed by atoms with E-state index in [9.17, 15) is 4.79 Å². The number of aromatic nitrogens is 2. The van der Waals surface area contributed by atoms with Gasteiger partial charge >= 0.3 is 0 Å². The summed E-state index contributed by atoms with van der Waals surface area (Å²) < 4.78 is 6.95. The van der Waals surface area contributed by atoms with Crippen molar-refractivity contribution in [3.63, 3.8) is 0 Å². The molecule has 0 saturated carbocycles. The summed E-state index contributed by atoms with van der Waals surface area (Å²) in [7, 11) is 1.76. The van der Waals surface area contributed by atoms with Crippen LogP contribution in [0.1, 0.15) is 5.69 Å². The number of rotatable bonds is 4. The minimum absolute atomic E-state index is 0.0788. The zero-order chi connectivity index (χ0) is 13.8. The highest BCUT2D eigenvalue weighted by Gasteiger charge is 2.07. The number of carbonyl (C=O) groups excluding carboxylic acids is 1. The summed E-state index contributed by atoms with van der Waals surface area (Å²) in [6.07, 6.45) is 0. The van der Waals surface area contributed by atoms with Crippen LogP contribution < -0.4 is 10.1 Å². The highest BCUT2D eigenvalue weighted by Crippen LogP contribution is 2.17. The second-order valence-corrected chi connectivity index (χ2v) is 4.53. The Labute approximate surface area is 116 Å². The van der Waals surface area contributed by atoms with Crippen molar-refractivity contribution in [1.29, 1.82) is 0 Å². The average molecular weight is 280 g/mol. The Bertz CT molecular complexity index is 595. The maximum Gasteiger partial charge on any atom is 0.263 e. The largest absolute Gasteiger partial charge is 0.484 e. The molecule has 0 bridgehead atoms. The fraction of sp³-hybridized carbons (Fsp3) is 0.231. The molecule has 0 radical (unpaired) electrons. The highest BCUT2D eigenvalue weighted by atomic mass is 35.5. The maximum atomic E-state index is 11.7. The summed E-state index contributed by atoms with van der Waals surface area (Å²) in [5.41, 5.74) is 0.841. The molecule has 1 aromatic heterocycles. The van der Waals surface area contributed by atoms with E-state index in [1.807, 2.05) is 6.92 Å². The Morgan fingerprint density at radius 1 is 1.47 bits per heavy atom. The number of amides is 1. The van der Waals surface area contributed by atoms with E-state index in [0.717, 1.165) is 5.69 Å². The Morgan fingerprint density at radius 3 is 2.89 bits per heavy atom. The van der Waals surface area contributed by atoms with Crippen LogP contribution in [0, 0.1) is 6.92 Å². The van der Waals surface area contributed by atoms with Crippen LogP contribution in [0.2, 0.25) is 5.02 Å². The van der Waals surface area contributed by atoms with E-state index in [0.29, 0.717) is 16.6 Å². The zero-order valence-electron chi connectivity index (χ0n) is 10.7. The number of aryl methyl sites for hydroxylation is 2. The number of hydrogen-bond donors (Lipinski definition) is 1. The summed E-state index contributed by atoms with van der Waals surface area (Å²) in [5.74, 6) is 0.948. The molecule has 1 aromatic carbocycles. The number of benzene rings is 1. The predicted molar refractivity (Wildman–Crippen MR) is 73.5 cm³/mol. The van der Waals surface area contributed by atoms with Gasteiger partial charge in [-0.3, -0.25) is 9.48 Å². The lowest BCUT2D eigenvalue weighted by Crippen LogP contribution is -2.21. The molecular weight excluding hydrogens is 266 g/mol. The molecule has 1 heterocycles. The Morgan fingerprint density at radius 2 is 2.26 bits per heavy atom. The minimum Gasteiger partial charge on any atom is -0.484 e. The van der Waals surface area contributed by atoms with Crippen molar-refractivity contribution in [1.82, 2.24) is 9.78 Å². The molecule has 1 amide bonds. The summed E-state index contributed by atoms with van der Waals surface area (Å²) in [5, 5.41) is 7.43. The van der Waals surface area contributed by atoms with E-state index in [-0.39, 0.29) is 12.5 Å².